The predicted molar refractivity (Wildman–Crippen MR) is 83.8 cm³/mol. The molecule has 2 aromatic rings. The number of hydrogen-bond donors (Lipinski definition) is 2. The molecule has 0 radical (unpaired) electrons. The summed E-state index contributed by atoms with van der Waals surface area (Å²) in [6, 6.07) is 15.0. The van der Waals surface area contributed by atoms with Crippen molar-refractivity contribution in [3.8, 4) is 5.75 Å². The van der Waals surface area contributed by atoms with Crippen molar-refractivity contribution >= 4 is 21.8 Å². The van der Waals surface area contributed by atoms with Crippen molar-refractivity contribution < 1.29 is 14.6 Å². The first kappa shape index (κ1) is 15.5. The lowest BCUT2D eigenvalue weighted by Gasteiger charge is -2.11. The Bertz CT molecular complexity index is 602. The zero-order chi connectivity index (χ0) is 15.1. The van der Waals surface area contributed by atoms with Crippen molar-refractivity contribution in [3.63, 3.8) is 0 Å². The highest BCUT2D eigenvalue weighted by molar-refractivity contribution is 9.10. The van der Waals surface area contributed by atoms with Crippen LogP contribution in [0.25, 0.3) is 0 Å². The van der Waals surface area contributed by atoms with Crippen LogP contribution in [0.4, 0.5) is 0 Å². The SMILES string of the molecule is O=C(COc1ccc(Br)cc1CO)NCc1ccccc1. The van der Waals surface area contributed by atoms with Crippen LogP contribution < -0.4 is 10.1 Å². The standard InChI is InChI=1S/C16H16BrNO3/c17-14-6-7-15(13(8-14)10-19)21-11-16(20)18-9-12-4-2-1-3-5-12/h1-8,19H,9-11H2,(H,18,20). The first-order valence-corrected chi connectivity index (χ1v) is 7.31. The molecule has 2 aromatic carbocycles. The summed E-state index contributed by atoms with van der Waals surface area (Å²) >= 11 is 3.32. The molecule has 0 bridgehead atoms. The maximum absolute atomic E-state index is 11.7. The number of amides is 1. The minimum atomic E-state index is -0.203. The molecule has 0 saturated heterocycles. The number of carbonyl (C=O) groups is 1. The van der Waals surface area contributed by atoms with Crippen molar-refractivity contribution in [1.29, 1.82) is 0 Å². The highest BCUT2D eigenvalue weighted by Gasteiger charge is 2.07. The highest BCUT2D eigenvalue weighted by atomic mass is 79.9. The summed E-state index contributed by atoms with van der Waals surface area (Å²) in [5, 5.41) is 12.0. The third kappa shape index (κ3) is 4.88. The molecule has 0 saturated carbocycles. The third-order valence-corrected chi connectivity index (χ3v) is 3.38. The van der Waals surface area contributed by atoms with E-state index in [-0.39, 0.29) is 19.1 Å². The minimum Gasteiger partial charge on any atom is -0.483 e. The molecule has 0 heterocycles. The van der Waals surface area contributed by atoms with E-state index in [0.717, 1.165) is 10.0 Å². The van der Waals surface area contributed by atoms with E-state index < -0.39 is 0 Å². The van der Waals surface area contributed by atoms with Gasteiger partial charge in [-0.1, -0.05) is 46.3 Å². The molecule has 1 amide bonds. The molecule has 0 aliphatic heterocycles. The number of benzene rings is 2. The lowest BCUT2D eigenvalue weighted by molar-refractivity contribution is -0.123. The zero-order valence-electron chi connectivity index (χ0n) is 11.4. The summed E-state index contributed by atoms with van der Waals surface area (Å²) in [6.45, 7) is 0.248. The normalized spacial score (nSPS) is 10.2. The number of rotatable bonds is 6. The van der Waals surface area contributed by atoms with Gasteiger partial charge in [-0.15, -0.1) is 0 Å². The molecule has 0 aliphatic carbocycles. The van der Waals surface area contributed by atoms with Crippen LogP contribution in [-0.2, 0) is 17.9 Å². The Hall–Kier alpha value is -1.85. The number of aliphatic hydroxyl groups excluding tert-OH is 1. The van der Waals surface area contributed by atoms with Crippen molar-refractivity contribution in [2.45, 2.75) is 13.2 Å². The average molecular weight is 350 g/mol. The van der Waals surface area contributed by atoms with Crippen LogP contribution in [0.2, 0.25) is 0 Å². The van der Waals surface area contributed by atoms with Gasteiger partial charge in [-0.2, -0.15) is 0 Å². The Morgan fingerprint density at radius 3 is 2.67 bits per heavy atom. The van der Waals surface area contributed by atoms with Crippen LogP contribution in [0.15, 0.2) is 53.0 Å². The molecular formula is C16H16BrNO3. The predicted octanol–water partition coefficient (Wildman–Crippen LogP) is 2.64. The van der Waals surface area contributed by atoms with Crippen LogP contribution >= 0.6 is 15.9 Å². The maximum atomic E-state index is 11.7. The van der Waals surface area contributed by atoms with Gasteiger partial charge in [0.1, 0.15) is 5.75 Å². The van der Waals surface area contributed by atoms with E-state index in [1.807, 2.05) is 30.3 Å². The van der Waals surface area contributed by atoms with Crippen LogP contribution in [-0.4, -0.2) is 17.6 Å². The van der Waals surface area contributed by atoms with Crippen molar-refractivity contribution in [3.05, 3.63) is 64.1 Å². The Balaban J connectivity index is 1.84. The molecule has 0 aliphatic rings. The molecule has 5 heteroatoms. The van der Waals surface area contributed by atoms with Gasteiger partial charge in [0.05, 0.1) is 6.61 Å². The molecule has 4 nitrogen and oxygen atoms in total. The van der Waals surface area contributed by atoms with E-state index in [9.17, 15) is 9.90 Å². The van der Waals surface area contributed by atoms with E-state index in [1.165, 1.54) is 0 Å². The number of halogens is 1. The minimum absolute atomic E-state index is 0.0819. The second-order valence-electron chi connectivity index (χ2n) is 4.46. The Labute approximate surface area is 131 Å². The summed E-state index contributed by atoms with van der Waals surface area (Å²) in [6.07, 6.45) is 0. The Kier molecular flexibility index (Phi) is 5.78. The summed E-state index contributed by atoms with van der Waals surface area (Å²) in [7, 11) is 0. The molecule has 0 unspecified atom stereocenters. The number of nitrogens with one attached hydrogen (secondary N) is 1. The van der Waals surface area contributed by atoms with Crippen molar-refractivity contribution in [2.24, 2.45) is 0 Å². The van der Waals surface area contributed by atoms with Crippen LogP contribution in [0, 0.1) is 0 Å². The van der Waals surface area contributed by atoms with Gasteiger partial charge < -0.3 is 15.2 Å². The largest absolute Gasteiger partial charge is 0.483 e. The zero-order valence-corrected chi connectivity index (χ0v) is 13.0. The van der Waals surface area contributed by atoms with Gasteiger partial charge in [-0.25, -0.2) is 0 Å². The van der Waals surface area contributed by atoms with E-state index in [4.69, 9.17) is 4.74 Å². The Morgan fingerprint density at radius 1 is 1.19 bits per heavy atom. The van der Waals surface area contributed by atoms with E-state index in [2.05, 4.69) is 21.2 Å². The monoisotopic (exact) mass is 349 g/mol. The molecule has 110 valence electrons. The van der Waals surface area contributed by atoms with Gasteiger partial charge in [0, 0.05) is 16.6 Å². The fraction of sp³-hybridized carbons (Fsp3) is 0.188. The van der Waals surface area contributed by atoms with Crippen LogP contribution in [0.5, 0.6) is 5.75 Å². The summed E-state index contributed by atoms with van der Waals surface area (Å²) in [5.41, 5.74) is 1.67. The molecule has 21 heavy (non-hydrogen) atoms. The van der Waals surface area contributed by atoms with Crippen LogP contribution in [0.1, 0.15) is 11.1 Å². The van der Waals surface area contributed by atoms with Gasteiger partial charge in [0.25, 0.3) is 5.91 Å². The average Bonchev–Trinajstić information content (AvgIpc) is 2.52. The fourth-order valence-electron chi connectivity index (χ4n) is 1.80. The molecule has 0 fully saturated rings. The Morgan fingerprint density at radius 2 is 1.95 bits per heavy atom. The highest BCUT2D eigenvalue weighted by Crippen LogP contribution is 2.23. The van der Waals surface area contributed by atoms with Gasteiger partial charge in [-0.3, -0.25) is 4.79 Å². The number of aliphatic hydroxyl groups is 1. The number of ether oxygens (including phenoxy) is 1. The van der Waals surface area contributed by atoms with Gasteiger partial charge in [-0.05, 0) is 23.8 Å². The molecule has 0 aromatic heterocycles. The lowest BCUT2D eigenvalue weighted by Crippen LogP contribution is -2.28. The number of hydrogen-bond acceptors (Lipinski definition) is 3. The molecule has 2 rings (SSSR count). The van der Waals surface area contributed by atoms with E-state index in [0.29, 0.717) is 17.9 Å². The lowest BCUT2D eigenvalue weighted by atomic mass is 10.2. The maximum Gasteiger partial charge on any atom is 0.258 e. The van der Waals surface area contributed by atoms with Gasteiger partial charge in [0.2, 0.25) is 0 Å². The summed E-state index contributed by atoms with van der Waals surface area (Å²) in [5.74, 6) is 0.307. The fourth-order valence-corrected chi connectivity index (χ4v) is 2.21. The molecular weight excluding hydrogens is 334 g/mol. The first-order valence-electron chi connectivity index (χ1n) is 6.52. The van der Waals surface area contributed by atoms with Crippen LogP contribution in [0.3, 0.4) is 0 Å². The summed E-state index contributed by atoms with van der Waals surface area (Å²) < 4.78 is 6.29. The quantitative estimate of drug-likeness (QED) is 0.842. The van der Waals surface area contributed by atoms with Crippen molar-refractivity contribution in [1.82, 2.24) is 5.32 Å². The van der Waals surface area contributed by atoms with Crippen molar-refractivity contribution in [2.75, 3.05) is 6.61 Å². The second-order valence-corrected chi connectivity index (χ2v) is 5.38. The number of carbonyl (C=O) groups excluding carboxylic acids is 1. The van der Waals surface area contributed by atoms with E-state index >= 15 is 0 Å². The third-order valence-electron chi connectivity index (χ3n) is 2.88. The van der Waals surface area contributed by atoms with E-state index in [1.54, 1.807) is 18.2 Å². The first-order chi connectivity index (χ1) is 10.2. The topological polar surface area (TPSA) is 58.6 Å². The molecule has 0 spiro atoms. The summed E-state index contributed by atoms with van der Waals surface area (Å²) in [4.78, 5) is 11.7. The molecule has 2 N–H and O–H groups in total. The molecule has 0 atom stereocenters. The van der Waals surface area contributed by atoms with Gasteiger partial charge >= 0.3 is 0 Å². The smallest absolute Gasteiger partial charge is 0.258 e. The second kappa shape index (κ2) is 7.81. The van der Waals surface area contributed by atoms with Gasteiger partial charge in [0.15, 0.2) is 6.61 Å².